The Bertz CT molecular complexity index is 692. The van der Waals surface area contributed by atoms with Gasteiger partial charge in [0.1, 0.15) is 0 Å². The molecule has 1 aromatic rings. The molecule has 166 valence electrons. The van der Waals surface area contributed by atoms with Crippen molar-refractivity contribution in [3.63, 3.8) is 0 Å². The number of nitrogens with one attached hydrogen (secondary N) is 1. The van der Waals surface area contributed by atoms with E-state index in [1.807, 2.05) is 11.0 Å². The monoisotopic (exact) mass is 433 g/mol. The van der Waals surface area contributed by atoms with Gasteiger partial charge in [-0.2, -0.15) is 0 Å². The Hall–Kier alpha value is -1.59. The predicted molar refractivity (Wildman–Crippen MR) is 121 cm³/mol. The molecule has 30 heavy (non-hydrogen) atoms. The molecule has 3 N–H and O–H groups in total. The zero-order chi connectivity index (χ0) is 20.2. The third-order valence-electron chi connectivity index (χ3n) is 7.53. The summed E-state index contributed by atoms with van der Waals surface area (Å²) < 4.78 is 0. The van der Waals surface area contributed by atoms with Crippen molar-refractivity contribution in [1.29, 1.82) is 0 Å². The normalized spacial score (nSPS) is 29.0. The zero-order valence-corrected chi connectivity index (χ0v) is 18.6. The van der Waals surface area contributed by atoms with Gasteiger partial charge in [0.2, 0.25) is 11.8 Å². The van der Waals surface area contributed by atoms with Crippen LogP contribution in [0.5, 0.6) is 0 Å². The second-order valence-corrected chi connectivity index (χ2v) is 9.43. The van der Waals surface area contributed by atoms with Crippen LogP contribution >= 0.6 is 12.4 Å². The fraction of sp³-hybridized carbons (Fsp3) is 0.667. The van der Waals surface area contributed by atoms with Gasteiger partial charge in [-0.15, -0.1) is 12.4 Å². The van der Waals surface area contributed by atoms with Gasteiger partial charge in [0.25, 0.3) is 0 Å². The summed E-state index contributed by atoms with van der Waals surface area (Å²) in [5.41, 5.74) is 7.71. The summed E-state index contributed by atoms with van der Waals surface area (Å²) in [6.07, 6.45) is 8.50. The molecule has 3 aliphatic rings. The smallest absolute Gasteiger partial charge is 0.241 e. The number of nitrogens with two attached hydrogens (primary N) is 1. The Morgan fingerprint density at radius 3 is 2.27 bits per heavy atom. The van der Waals surface area contributed by atoms with Crippen LogP contribution in [0.3, 0.4) is 0 Å². The molecular weight excluding hydrogens is 398 g/mol. The summed E-state index contributed by atoms with van der Waals surface area (Å²) in [6.45, 7) is 1.74. The number of fused-ring (bicyclic) bond motifs is 2. The zero-order valence-electron chi connectivity index (χ0n) is 17.8. The van der Waals surface area contributed by atoms with Crippen LogP contribution in [0.2, 0.25) is 0 Å². The molecule has 4 rings (SSSR count). The lowest BCUT2D eigenvalue weighted by atomic mass is 9.65. The maximum Gasteiger partial charge on any atom is 0.241 e. The Labute approximate surface area is 186 Å². The topological polar surface area (TPSA) is 75.4 Å². The number of carbonyl (C=O) groups excluding carboxylic acids is 2. The van der Waals surface area contributed by atoms with E-state index in [0.717, 1.165) is 58.0 Å². The van der Waals surface area contributed by atoms with Crippen molar-refractivity contribution in [2.75, 3.05) is 19.6 Å². The van der Waals surface area contributed by atoms with E-state index in [1.54, 1.807) is 0 Å². The van der Waals surface area contributed by atoms with Crippen LogP contribution in [0.25, 0.3) is 0 Å². The van der Waals surface area contributed by atoms with E-state index in [-0.39, 0.29) is 42.7 Å². The molecule has 2 unspecified atom stereocenters. The van der Waals surface area contributed by atoms with Gasteiger partial charge in [0, 0.05) is 25.0 Å². The molecule has 2 aliphatic carbocycles. The first-order valence-electron chi connectivity index (χ1n) is 11.4. The number of hydrogen-bond donors (Lipinski definition) is 2. The Kier molecular flexibility index (Phi) is 8.18. The highest BCUT2D eigenvalue weighted by atomic mass is 35.5. The number of benzene rings is 1. The number of hydrogen-bond acceptors (Lipinski definition) is 3. The van der Waals surface area contributed by atoms with Gasteiger partial charge >= 0.3 is 0 Å². The average Bonchev–Trinajstić information content (AvgIpc) is 2.73. The number of carbonyl (C=O) groups is 2. The summed E-state index contributed by atoms with van der Waals surface area (Å²) >= 11 is 0. The van der Waals surface area contributed by atoms with Crippen LogP contribution in [-0.4, -0.2) is 42.4 Å². The fourth-order valence-electron chi connectivity index (χ4n) is 5.76. The molecule has 2 bridgehead atoms. The van der Waals surface area contributed by atoms with Crippen molar-refractivity contribution >= 4 is 24.2 Å². The highest BCUT2D eigenvalue weighted by Gasteiger charge is 2.40. The molecule has 2 atom stereocenters. The minimum Gasteiger partial charge on any atom is -0.347 e. The first kappa shape index (κ1) is 23.1. The van der Waals surface area contributed by atoms with Crippen molar-refractivity contribution < 1.29 is 9.59 Å². The molecule has 6 heteroatoms. The summed E-state index contributed by atoms with van der Waals surface area (Å²) in [4.78, 5) is 27.2. The SMILES string of the molecule is Cl.NC1C2CCCC1CC(C(=O)NCC(=O)N1CCC(Cc3ccccc3)CC1)C2. The first-order chi connectivity index (χ1) is 14.1. The summed E-state index contributed by atoms with van der Waals surface area (Å²) in [5.74, 6) is 1.76. The molecule has 1 saturated heterocycles. The minimum atomic E-state index is 0. The van der Waals surface area contributed by atoms with Gasteiger partial charge in [0.15, 0.2) is 0 Å². The van der Waals surface area contributed by atoms with Gasteiger partial charge in [-0.1, -0.05) is 36.8 Å². The number of nitrogens with zero attached hydrogens (tertiary/aromatic N) is 1. The summed E-state index contributed by atoms with van der Waals surface area (Å²) in [6, 6.07) is 10.9. The van der Waals surface area contributed by atoms with Gasteiger partial charge in [-0.05, 0) is 68.3 Å². The van der Waals surface area contributed by atoms with E-state index in [4.69, 9.17) is 5.73 Å². The fourth-order valence-corrected chi connectivity index (χ4v) is 5.76. The van der Waals surface area contributed by atoms with Crippen molar-refractivity contribution in [1.82, 2.24) is 10.2 Å². The maximum absolute atomic E-state index is 12.7. The predicted octanol–water partition coefficient (Wildman–Crippen LogP) is 3.16. The van der Waals surface area contributed by atoms with Crippen LogP contribution in [0, 0.1) is 23.7 Å². The maximum atomic E-state index is 12.7. The number of likely N-dealkylation sites (tertiary alicyclic amines) is 1. The lowest BCUT2D eigenvalue weighted by molar-refractivity contribution is -0.135. The van der Waals surface area contributed by atoms with Crippen LogP contribution in [0.1, 0.15) is 50.5 Å². The Balaban J connectivity index is 0.00000256. The second kappa shape index (κ2) is 10.6. The van der Waals surface area contributed by atoms with Gasteiger partial charge in [0.05, 0.1) is 6.54 Å². The molecule has 5 nitrogen and oxygen atoms in total. The number of amides is 2. The van der Waals surface area contributed by atoms with E-state index in [0.29, 0.717) is 17.8 Å². The van der Waals surface area contributed by atoms with Crippen molar-refractivity contribution in [2.24, 2.45) is 29.4 Å². The Morgan fingerprint density at radius 2 is 1.63 bits per heavy atom. The van der Waals surface area contributed by atoms with Gasteiger partial charge in [-0.3, -0.25) is 9.59 Å². The van der Waals surface area contributed by atoms with E-state index >= 15 is 0 Å². The first-order valence-corrected chi connectivity index (χ1v) is 11.4. The largest absolute Gasteiger partial charge is 0.347 e. The average molecular weight is 434 g/mol. The summed E-state index contributed by atoms with van der Waals surface area (Å²) in [5, 5.41) is 2.93. The number of piperidine rings is 1. The third kappa shape index (κ3) is 5.55. The molecule has 1 heterocycles. The van der Waals surface area contributed by atoms with E-state index < -0.39 is 0 Å². The van der Waals surface area contributed by atoms with E-state index in [1.165, 1.54) is 12.0 Å². The molecule has 2 saturated carbocycles. The van der Waals surface area contributed by atoms with Crippen LogP contribution < -0.4 is 11.1 Å². The van der Waals surface area contributed by atoms with E-state index in [2.05, 4.69) is 29.6 Å². The summed E-state index contributed by atoms with van der Waals surface area (Å²) in [7, 11) is 0. The molecular formula is C24H36ClN3O2. The highest BCUT2D eigenvalue weighted by molar-refractivity contribution is 5.86. The molecule has 0 spiro atoms. The Morgan fingerprint density at radius 1 is 1.00 bits per heavy atom. The number of rotatable bonds is 5. The lowest BCUT2D eigenvalue weighted by Gasteiger charge is -2.43. The third-order valence-corrected chi connectivity index (χ3v) is 7.53. The standard InChI is InChI=1S/C24H35N3O2.ClH/c25-23-19-7-4-8-20(23)15-21(14-19)24(29)26-16-22(28)27-11-9-18(10-12-27)13-17-5-2-1-3-6-17;/h1-3,5-6,18-21,23H,4,7-16,25H2,(H,26,29);1H. The molecule has 0 radical (unpaired) electrons. The molecule has 3 fully saturated rings. The molecule has 0 aromatic heterocycles. The quantitative estimate of drug-likeness (QED) is 0.748. The number of halogens is 1. The molecule has 1 aliphatic heterocycles. The van der Waals surface area contributed by atoms with Gasteiger partial charge < -0.3 is 16.0 Å². The lowest BCUT2D eigenvalue weighted by Crippen LogP contribution is -2.50. The van der Waals surface area contributed by atoms with Gasteiger partial charge in [-0.25, -0.2) is 0 Å². The van der Waals surface area contributed by atoms with Crippen LogP contribution in [0.4, 0.5) is 0 Å². The van der Waals surface area contributed by atoms with Crippen molar-refractivity contribution in [3.8, 4) is 0 Å². The minimum absolute atomic E-state index is 0. The van der Waals surface area contributed by atoms with E-state index in [9.17, 15) is 9.59 Å². The van der Waals surface area contributed by atoms with Crippen molar-refractivity contribution in [3.05, 3.63) is 35.9 Å². The van der Waals surface area contributed by atoms with Crippen LogP contribution in [0.15, 0.2) is 30.3 Å². The molecule has 2 amide bonds. The van der Waals surface area contributed by atoms with Crippen LogP contribution in [-0.2, 0) is 16.0 Å². The van der Waals surface area contributed by atoms with Crippen molar-refractivity contribution in [2.45, 2.75) is 57.4 Å². The molecule has 1 aromatic carbocycles. The second-order valence-electron chi connectivity index (χ2n) is 9.43. The highest BCUT2D eigenvalue weighted by Crippen LogP contribution is 2.41.